The predicted octanol–water partition coefficient (Wildman–Crippen LogP) is 3.09. The van der Waals surface area contributed by atoms with Gasteiger partial charge in [0, 0.05) is 59.7 Å². The van der Waals surface area contributed by atoms with Crippen molar-refractivity contribution >= 4 is 17.2 Å². The van der Waals surface area contributed by atoms with Crippen LogP contribution >= 0.6 is 11.3 Å². The number of thiophene rings is 1. The molecule has 2 saturated heterocycles. The van der Waals surface area contributed by atoms with Crippen LogP contribution in [-0.2, 0) is 11.3 Å². The highest BCUT2D eigenvalue weighted by Gasteiger charge is 2.48. The largest absolute Gasteiger partial charge is 0.350 e. The Morgan fingerprint density at radius 1 is 1.33 bits per heavy atom. The van der Waals surface area contributed by atoms with Gasteiger partial charge in [0.15, 0.2) is 0 Å². The highest BCUT2D eigenvalue weighted by molar-refractivity contribution is 7.11. The van der Waals surface area contributed by atoms with Gasteiger partial charge in [0.2, 0.25) is 5.91 Å². The molecule has 24 heavy (non-hydrogen) atoms. The monoisotopic (exact) mass is 341 g/mol. The van der Waals surface area contributed by atoms with Crippen LogP contribution in [-0.4, -0.2) is 34.4 Å². The Kier molecular flexibility index (Phi) is 4.14. The summed E-state index contributed by atoms with van der Waals surface area (Å²) in [5.41, 5.74) is 1.11. The van der Waals surface area contributed by atoms with E-state index in [0.29, 0.717) is 6.42 Å². The average molecular weight is 341 g/mol. The van der Waals surface area contributed by atoms with Gasteiger partial charge in [0.1, 0.15) is 0 Å². The Bertz CT molecular complexity index is 719. The minimum absolute atomic E-state index is 0.0814. The van der Waals surface area contributed by atoms with E-state index in [1.165, 1.54) is 15.3 Å². The number of hydrogen-bond acceptors (Lipinski definition) is 4. The van der Waals surface area contributed by atoms with Crippen molar-refractivity contribution in [2.75, 3.05) is 13.1 Å². The molecule has 0 aromatic carbocycles. The first-order chi connectivity index (χ1) is 11.6. The highest BCUT2D eigenvalue weighted by Crippen LogP contribution is 2.43. The van der Waals surface area contributed by atoms with Crippen molar-refractivity contribution in [3.05, 3.63) is 52.0 Å². The molecule has 0 radical (unpaired) electrons. The zero-order chi connectivity index (χ0) is 16.6. The lowest BCUT2D eigenvalue weighted by Crippen LogP contribution is -2.53. The van der Waals surface area contributed by atoms with Gasteiger partial charge in [-0.1, -0.05) is 6.07 Å². The summed E-state index contributed by atoms with van der Waals surface area (Å²) in [5.74, 6) is 0.441. The van der Waals surface area contributed by atoms with Gasteiger partial charge in [0.25, 0.3) is 0 Å². The smallest absolute Gasteiger partial charge is 0.221 e. The molecule has 1 unspecified atom stereocenters. The van der Waals surface area contributed by atoms with E-state index in [9.17, 15) is 4.79 Å². The van der Waals surface area contributed by atoms with E-state index in [1.54, 1.807) is 6.20 Å². The van der Waals surface area contributed by atoms with E-state index in [1.807, 2.05) is 23.6 Å². The van der Waals surface area contributed by atoms with Crippen molar-refractivity contribution in [2.45, 2.75) is 44.2 Å². The van der Waals surface area contributed by atoms with E-state index in [0.717, 1.165) is 32.5 Å². The van der Waals surface area contributed by atoms with Crippen LogP contribution < -0.4 is 5.32 Å². The first-order valence-corrected chi connectivity index (χ1v) is 9.45. The number of aryl methyl sites for hydroxylation is 1. The minimum atomic E-state index is -0.0814. The number of aromatic nitrogens is 1. The summed E-state index contributed by atoms with van der Waals surface area (Å²) >= 11 is 1.88. The number of nitrogens with one attached hydrogen (secondary N) is 1. The summed E-state index contributed by atoms with van der Waals surface area (Å²) in [4.78, 5) is 21.7. The quantitative estimate of drug-likeness (QED) is 0.933. The summed E-state index contributed by atoms with van der Waals surface area (Å²) in [7, 11) is 0. The van der Waals surface area contributed by atoms with Crippen molar-refractivity contribution in [1.29, 1.82) is 0 Å². The maximum Gasteiger partial charge on any atom is 0.221 e. The summed E-state index contributed by atoms with van der Waals surface area (Å²) in [6.07, 6.45) is 6.35. The van der Waals surface area contributed by atoms with Crippen LogP contribution in [0.15, 0.2) is 36.7 Å². The molecule has 5 heteroatoms. The third kappa shape index (κ3) is 2.98. The molecule has 2 aliphatic heterocycles. The van der Waals surface area contributed by atoms with Crippen LogP contribution in [0.3, 0.4) is 0 Å². The third-order valence-electron chi connectivity index (χ3n) is 5.46. The second kappa shape index (κ2) is 6.30. The van der Waals surface area contributed by atoms with Gasteiger partial charge in [-0.05, 0) is 43.5 Å². The molecule has 0 saturated carbocycles. The Balaban J connectivity index is 1.47. The molecule has 4 rings (SSSR count). The van der Waals surface area contributed by atoms with Crippen molar-refractivity contribution in [2.24, 2.45) is 0 Å². The summed E-state index contributed by atoms with van der Waals surface area (Å²) < 4.78 is 0. The molecular formula is C19H23N3OS. The lowest BCUT2D eigenvalue weighted by atomic mass is 9.75. The van der Waals surface area contributed by atoms with Crippen molar-refractivity contribution in [1.82, 2.24) is 15.2 Å². The summed E-state index contributed by atoms with van der Waals surface area (Å²) in [6.45, 7) is 5.26. The molecule has 1 atom stereocenters. The molecule has 1 amide bonds. The minimum Gasteiger partial charge on any atom is -0.350 e. The molecule has 2 fully saturated rings. The lowest BCUT2D eigenvalue weighted by Gasteiger charge is -2.42. The SMILES string of the molecule is Cc1ccc(CN2CCC3(CC2)NC(=O)CC3c2cccnc2)s1. The summed E-state index contributed by atoms with van der Waals surface area (Å²) in [6, 6.07) is 8.52. The van der Waals surface area contributed by atoms with Gasteiger partial charge in [0.05, 0.1) is 0 Å². The number of nitrogens with zero attached hydrogens (tertiary/aromatic N) is 2. The Morgan fingerprint density at radius 2 is 2.17 bits per heavy atom. The first kappa shape index (κ1) is 15.8. The van der Waals surface area contributed by atoms with E-state index < -0.39 is 0 Å². The fraction of sp³-hybridized carbons (Fsp3) is 0.474. The molecule has 1 N–H and O–H groups in total. The fourth-order valence-corrected chi connectivity index (χ4v) is 5.12. The standard InChI is InChI=1S/C19H23N3OS/c1-14-4-5-16(24-14)13-22-9-6-19(7-10-22)17(11-18(23)21-19)15-3-2-8-20-12-15/h2-5,8,12,17H,6-7,9-11,13H2,1H3,(H,21,23). The van der Waals surface area contributed by atoms with Crippen LogP contribution in [0.4, 0.5) is 0 Å². The number of pyridine rings is 1. The number of amides is 1. The lowest BCUT2D eigenvalue weighted by molar-refractivity contribution is -0.120. The van der Waals surface area contributed by atoms with Crippen LogP contribution in [0.1, 0.15) is 40.5 Å². The Labute approximate surface area is 146 Å². The number of carbonyl (C=O) groups excluding carboxylic acids is 1. The first-order valence-electron chi connectivity index (χ1n) is 8.63. The zero-order valence-corrected chi connectivity index (χ0v) is 14.8. The van der Waals surface area contributed by atoms with Crippen molar-refractivity contribution in [3.8, 4) is 0 Å². The fourth-order valence-electron chi connectivity index (χ4n) is 4.19. The zero-order valence-electron chi connectivity index (χ0n) is 14.0. The van der Waals surface area contributed by atoms with Gasteiger partial charge in [-0.15, -0.1) is 11.3 Å². The molecule has 126 valence electrons. The van der Waals surface area contributed by atoms with Crippen molar-refractivity contribution in [3.63, 3.8) is 0 Å². The molecular weight excluding hydrogens is 318 g/mol. The maximum absolute atomic E-state index is 12.1. The van der Waals surface area contributed by atoms with Crippen molar-refractivity contribution < 1.29 is 4.79 Å². The molecule has 0 aliphatic carbocycles. The number of carbonyl (C=O) groups is 1. The Morgan fingerprint density at radius 3 is 2.83 bits per heavy atom. The molecule has 2 aromatic heterocycles. The van der Waals surface area contributed by atoms with Crippen LogP contribution in [0.5, 0.6) is 0 Å². The topological polar surface area (TPSA) is 45.2 Å². The van der Waals surface area contributed by atoms with Gasteiger partial charge >= 0.3 is 0 Å². The number of likely N-dealkylation sites (tertiary alicyclic amines) is 1. The molecule has 2 aliphatic rings. The Hall–Kier alpha value is -1.72. The van der Waals surface area contributed by atoms with Crippen LogP contribution in [0, 0.1) is 6.92 Å². The van der Waals surface area contributed by atoms with E-state index in [-0.39, 0.29) is 17.4 Å². The molecule has 4 nitrogen and oxygen atoms in total. The van der Waals surface area contributed by atoms with Gasteiger partial charge < -0.3 is 5.32 Å². The van der Waals surface area contributed by atoms with E-state index in [2.05, 4.69) is 40.3 Å². The van der Waals surface area contributed by atoms with Gasteiger partial charge in [-0.3, -0.25) is 14.7 Å². The van der Waals surface area contributed by atoms with Gasteiger partial charge in [-0.2, -0.15) is 0 Å². The van der Waals surface area contributed by atoms with Gasteiger partial charge in [-0.25, -0.2) is 0 Å². The molecule has 2 aromatic rings. The average Bonchev–Trinajstić information content (AvgIpc) is 3.14. The van der Waals surface area contributed by atoms with Crippen LogP contribution in [0.2, 0.25) is 0 Å². The molecule has 1 spiro atoms. The summed E-state index contributed by atoms with van der Waals surface area (Å²) in [5, 5.41) is 3.32. The van der Waals surface area contributed by atoms with E-state index in [4.69, 9.17) is 0 Å². The second-order valence-corrected chi connectivity index (χ2v) is 8.41. The maximum atomic E-state index is 12.1. The number of rotatable bonds is 3. The number of piperidine rings is 1. The highest BCUT2D eigenvalue weighted by atomic mass is 32.1. The molecule has 4 heterocycles. The van der Waals surface area contributed by atoms with Crippen LogP contribution in [0.25, 0.3) is 0 Å². The molecule has 0 bridgehead atoms. The number of hydrogen-bond donors (Lipinski definition) is 1. The second-order valence-electron chi connectivity index (χ2n) is 7.04. The predicted molar refractivity (Wildman–Crippen MR) is 96.0 cm³/mol. The van der Waals surface area contributed by atoms with E-state index >= 15 is 0 Å². The third-order valence-corrected chi connectivity index (χ3v) is 6.44. The normalized spacial score (nSPS) is 23.5.